The van der Waals surface area contributed by atoms with Gasteiger partial charge in [0, 0.05) is 12.1 Å². The summed E-state index contributed by atoms with van der Waals surface area (Å²) in [5.41, 5.74) is 7.45. The second kappa shape index (κ2) is 5.00. The summed E-state index contributed by atoms with van der Waals surface area (Å²) in [6.45, 7) is 11.7. The zero-order chi connectivity index (χ0) is 15.1. The molecule has 0 bridgehead atoms. The van der Waals surface area contributed by atoms with E-state index < -0.39 is 5.60 Å². The second-order valence-corrected chi connectivity index (χ2v) is 6.72. The Hall–Kier alpha value is -1.72. The summed E-state index contributed by atoms with van der Waals surface area (Å²) in [6, 6.07) is 0. The van der Waals surface area contributed by atoms with Crippen molar-refractivity contribution in [3.8, 4) is 0 Å². The number of ether oxygens (including phenoxy) is 1. The lowest BCUT2D eigenvalue weighted by Gasteiger charge is -2.24. The third kappa shape index (κ3) is 3.05. The van der Waals surface area contributed by atoms with Crippen LogP contribution < -0.4 is 5.73 Å². The van der Waals surface area contributed by atoms with Crippen molar-refractivity contribution in [1.82, 2.24) is 14.7 Å². The van der Waals surface area contributed by atoms with Gasteiger partial charge in [0.15, 0.2) is 5.82 Å². The number of amides is 1. The van der Waals surface area contributed by atoms with E-state index in [0.29, 0.717) is 24.8 Å². The largest absolute Gasteiger partial charge is 0.444 e. The highest BCUT2D eigenvalue weighted by Crippen LogP contribution is 2.29. The second-order valence-electron chi connectivity index (χ2n) is 6.72. The average molecular weight is 280 g/mol. The van der Waals surface area contributed by atoms with Gasteiger partial charge in [-0.2, -0.15) is 5.10 Å². The molecule has 20 heavy (non-hydrogen) atoms. The molecule has 0 radical (unpaired) electrons. The van der Waals surface area contributed by atoms with Gasteiger partial charge in [-0.05, 0) is 26.7 Å². The van der Waals surface area contributed by atoms with Gasteiger partial charge < -0.3 is 10.5 Å². The minimum atomic E-state index is -0.485. The van der Waals surface area contributed by atoms with Crippen LogP contribution in [0, 0.1) is 5.92 Å². The van der Waals surface area contributed by atoms with E-state index >= 15 is 0 Å². The fourth-order valence-electron chi connectivity index (χ4n) is 2.28. The Balaban J connectivity index is 2.13. The van der Waals surface area contributed by atoms with Crippen molar-refractivity contribution in [3.05, 3.63) is 11.3 Å². The Morgan fingerprint density at radius 3 is 2.60 bits per heavy atom. The van der Waals surface area contributed by atoms with E-state index in [1.54, 1.807) is 4.90 Å². The predicted molar refractivity (Wildman–Crippen MR) is 77.0 cm³/mol. The Labute approximate surface area is 119 Å². The van der Waals surface area contributed by atoms with Gasteiger partial charge in [0.1, 0.15) is 5.60 Å². The highest BCUT2D eigenvalue weighted by molar-refractivity contribution is 5.70. The van der Waals surface area contributed by atoms with Gasteiger partial charge >= 0.3 is 6.09 Å². The van der Waals surface area contributed by atoms with Gasteiger partial charge in [-0.1, -0.05) is 13.8 Å². The topological polar surface area (TPSA) is 73.4 Å². The summed E-state index contributed by atoms with van der Waals surface area (Å²) in [6.07, 6.45) is -0.302. The molecule has 0 aliphatic carbocycles. The standard InChI is InChI=1S/C14H24N4O2/c1-9(2)6-18-11-8-17(7-10(11)12(15)16-18)13(19)20-14(3,4)5/h9H,6-8H2,1-5H3,(H2,15,16). The molecule has 0 saturated heterocycles. The van der Waals surface area contributed by atoms with E-state index in [-0.39, 0.29) is 6.09 Å². The molecule has 1 aliphatic heterocycles. The van der Waals surface area contributed by atoms with Crippen LogP contribution in [0.15, 0.2) is 0 Å². The van der Waals surface area contributed by atoms with E-state index in [1.807, 2.05) is 25.5 Å². The minimum Gasteiger partial charge on any atom is -0.444 e. The third-order valence-corrected chi connectivity index (χ3v) is 3.08. The third-order valence-electron chi connectivity index (χ3n) is 3.08. The van der Waals surface area contributed by atoms with Gasteiger partial charge in [0.05, 0.1) is 18.8 Å². The first-order valence-electron chi connectivity index (χ1n) is 6.99. The quantitative estimate of drug-likeness (QED) is 0.902. The number of nitrogens with two attached hydrogens (primary N) is 1. The summed E-state index contributed by atoms with van der Waals surface area (Å²) < 4.78 is 7.32. The van der Waals surface area contributed by atoms with Crippen LogP contribution in [0.4, 0.5) is 10.6 Å². The number of fused-ring (bicyclic) bond motifs is 1. The van der Waals surface area contributed by atoms with Gasteiger partial charge in [-0.25, -0.2) is 4.79 Å². The van der Waals surface area contributed by atoms with E-state index in [0.717, 1.165) is 17.8 Å². The Kier molecular flexibility index (Phi) is 3.67. The molecule has 0 saturated carbocycles. The maximum atomic E-state index is 12.1. The lowest BCUT2D eigenvalue weighted by Crippen LogP contribution is -2.34. The first-order valence-corrected chi connectivity index (χ1v) is 6.99. The van der Waals surface area contributed by atoms with Gasteiger partial charge in [-0.3, -0.25) is 9.58 Å². The predicted octanol–water partition coefficient (Wildman–Crippen LogP) is 2.37. The van der Waals surface area contributed by atoms with Crippen LogP contribution in [0.25, 0.3) is 0 Å². The molecular weight excluding hydrogens is 256 g/mol. The maximum absolute atomic E-state index is 12.1. The molecule has 6 nitrogen and oxygen atoms in total. The minimum absolute atomic E-state index is 0.302. The van der Waals surface area contributed by atoms with Crippen molar-refractivity contribution < 1.29 is 9.53 Å². The normalized spacial score (nSPS) is 14.8. The molecule has 1 aromatic heterocycles. The monoisotopic (exact) mass is 280 g/mol. The maximum Gasteiger partial charge on any atom is 0.410 e. The zero-order valence-electron chi connectivity index (χ0n) is 12.9. The molecule has 0 fully saturated rings. The molecule has 1 aliphatic rings. The molecular formula is C14H24N4O2. The number of rotatable bonds is 2. The SMILES string of the molecule is CC(C)Cn1nc(N)c2c1CN(C(=O)OC(C)(C)C)C2. The van der Waals surface area contributed by atoms with Crippen LogP contribution in [0.1, 0.15) is 45.9 Å². The highest BCUT2D eigenvalue weighted by Gasteiger charge is 2.32. The summed E-state index contributed by atoms with van der Waals surface area (Å²) in [5.74, 6) is 1.00. The van der Waals surface area contributed by atoms with Crippen LogP contribution in [-0.2, 0) is 24.4 Å². The van der Waals surface area contributed by atoms with Crippen molar-refractivity contribution in [2.24, 2.45) is 5.92 Å². The van der Waals surface area contributed by atoms with Crippen molar-refractivity contribution in [2.45, 2.75) is 59.9 Å². The number of anilines is 1. The lowest BCUT2D eigenvalue weighted by atomic mass is 10.2. The molecule has 6 heteroatoms. The summed E-state index contributed by atoms with van der Waals surface area (Å²) in [4.78, 5) is 13.8. The van der Waals surface area contributed by atoms with Crippen molar-refractivity contribution in [2.75, 3.05) is 5.73 Å². The average Bonchev–Trinajstić information content (AvgIpc) is 2.78. The molecule has 2 heterocycles. The summed E-state index contributed by atoms with van der Waals surface area (Å²) in [7, 11) is 0. The first kappa shape index (κ1) is 14.7. The zero-order valence-corrected chi connectivity index (χ0v) is 12.9. The van der Waals surface area contributed by atoms with Crippen LogP contribution in [-0.4, -0.2) is 26.4 Å². The lowest BCUT2D eigenvalue weighted by molar-refractivity contribution is 0.0238. The molecule has 2 N–H and O–H groups in total. The van der Waals surface area contributed by atoms with Crippen LogP contribution in [0.2, 0.25) is 0 Å². The van der Waals surface area contributed by atoms with E-state index in [1.165, 1.54) is 0 Å². The van der Waals surface area contributed by atoms with Gasteiger partial charge in [0.25, 0.3) is 0 Å². The van der Waals surface area contributed by atoms with Crippen LogP contribution in [0.3, 0.4) is 0 Å². The van der Waals surface area contributed by atoms with E-state index in [9.17, 15) is 4.79 Å². The number of carbonyl (C=O) groups excluding carboxylic acids is 1. The molecule has 112 valence electrons. The van der Waals surface area contributed by atoms with Crippen LogP contribution in [0.5, 0.6) is 0 Å². The first-order chi connectivity index (χ1) is 9.17. The molecule has 0 atom stereocenters. The van der Waals surface area contributed by atoms with Crippen molar-refractivity contribution in [3.63, 3.8) is 0 Å². The van der Waals surface area contributed by atoms with Gasteiger partial charge in [-0.15, -0.1) is 0 Å². The number of nitrogens with zero attached hydrogens (tertiary/aromatic N) is 3. The number of hydrogen-bond acceptors (Lipinski definition) is 4. The molecule has 0 aromatic carbocycles. The molecule has 1 amide bonds. The van der Waals surface area contributed by atoms with E-state index in [2.05, 4.69) is 18.9 Å². The smallest absolute Gasteiger partial charge is 0.410 e. The fraction of sp³-hybridized carbons (Fsp3) is 0.714. The molecule has 0 unspecified atom stereocenters. The Bertz CT molecular complexity index is 514. The number of aromatic nitrogens is 2. The van der Waals surface area contributed by atoms with Crippen molar-refractivity contribution >= 4 is 11.9 Å². The van der Waals surface area contributed by atoms with Gasteiger partial charge in [0.2, 0.25) is 0 Å². The number of nitrogen functional groups attached to an aromatic ring is 1. The highest BCUT2D eigenvalue weighted by atomic mass is 16.6. The number of carbonyl (C=O) groups is 1. The fourth-order valence-corrected chi connectivity index (χ4v) is 2.28. The van der Waals surface area contributed by atoms with Crippen LogP contribution >= 0.6 is 0 Å². The molecule has 2 rings (SSSR count). The Morgan fingerprint density at radius 2 is 2.05 bits per heavy atom. The molecule has 0 spiro atoms. The van der Waals surface area contributed by atoms with E-state index in [4.69, 9.17) is 10.5 Å². The summed E-state index contributed by atoms with van der Waals surface area (Å²) >= 11 is 0. The summed E-state index contributed by atoms with van der Waals surface area (Å²) in [5, 5.41) is 4.36. The number of hydrogen-bond donors (Lipinski definition) is 1. The molecule has 1 aromatic rings. The van der Waals surface area contributed by atoms with Crippen molar-refractivity contribution in [1.29, 1.82) is 0 Å². The Morgan fingerprint density at radius 1 is 1.40 bits per heavy atom.